The Morgan fingerprint density at radius 2 is 2.28 bits per heavy atom. The summed E-state index contributed by atoms with van der Waals surface area (Å²) in [4.78, 5) is 21.6. The summed E-state index contributed by atoms with van der Waals surface area (Å²) in [6.07, 6.45) is 0. The van der Waals surface area contributed by atoms with Gasteiger partial charge in [-0.15, -0.1) is 0 Å². The highest BCUT2D eigenvalue weighted by Gasteiger charge is 2.17. The van der Waals surface area contributed by atoms with Gasteiger partial charge in [-0.3, -0.25) is 14.9 Å². The lowest BCUT2D eigenvalue weighted by Gasteiger charge is -2.11. The zero-order valence-electron chi connectivity index (χ0n) is 9.97. The van der Waals surface area contributed by atoms with E-state index in [1.54, 1.807) is 19.1 Å². The van der Waals surface area contributed by atoms with Crippen LogP contribution < -0.4 is 5.32 Å². The van der Waals surface area contributed by atoms with Crippen LogP contribution in [0.4, 0.5) is 5.69 Å². The number of hydrogen-bond donors (Lipinski definition) is 1. The maximum atomic E-state index is 11.2. The highest BCUT2D eigenvalue weighted by Crippen LogP contribution is 2.23. The second-order valence-corrected chi connectivity index (χ2v) is 4.57. The summed E-state index contributed by atoms with van der Waals surface area (Å²) in [5.41, 5.74) is 0.521. The highest BCUT2D eigenvalue weighted by atomic mass is 79.9. The first-order valence-electron chi connectivity index (χ1n) is 5.19. The van der Waals surface area contributed by atoms with Gasteiger partial charge in [0, 0.05) is 22.6 Å². The van der Waals surface area contributed by atoms with Crippen LogP contribution in [0.2, 0.25) is 0 Å². The zero-order valence-corrected chi connectivity index (χ0v) is 11.6. The lowest BCUT2D eigenvalue weighted by molar-refractivity contribution is -0.385. The molecule has 0 aliphatic carbocycles. The Hall–Kier alpha value is -1.47. The number of carbonyl (C=O) groups excluding carboxylic acids is 1. The molecule has 1 aromatic carbocycles. The number of carbonyl (C=O) groups is 1. The highest BCUT2D eigenvalue weighted by molar-refractivity contribution is 9.10. The third kappa shape index (κ3) is 3.78. The molecule has 98 valence electrons. The first-order valence-corrected chi connectivity index (χ1v) is 5.99. The summed E-state index contributed by atoms with van der Waals surface area (Å²) in [6.45, 7) is 1.86. The molecule has 0 saturated heterocycles. The molecule has 0 spiro atoms. The Balaban J connectivity index is 2.79. The molecule has 0 fully saturated rings. The predicted molar refractivity (Wildman–Crippen MR) is 69.1 cm³/mol. The van der Waals surface area contributed by atoms with Crippen LogP contribution in [-0.4, -0.2) is 24.0 Å². The standard InChI is InChI=1S/C11H13BrN2O4/c1-7(11(15)18-2)13-6-8-3-4-9(12)5-10(8)14(16)17/h3-5,7,13H,6H2,1-2H3/t7-/m0/s1. The first kappa shape index (κ1) is 14.6. The van der Waals surface area contributed by atoms with E-state index >= 15 is 0 Å². The lowest BCUT2D eigenvalue weighted by Crippen LogP contribution is -2.34. The quantitative estimate of drug-likeness (QED) is 0.510. The number of rotatable bonds is 5. The molecule has 0 radical (unpaired) electrons. The SMILES string of the molecule is COC(=O)[C@H](C)NCc1ccc(Br)cc1[N+](=O)[O-]. The molecule has 1 atom stereocenters. The van der Waals surface area contributed by atoms with E-state index in [0.717, 1.165) is 0 Å². The maximum Gasteiger partial charge on any atom is 0.322 e. The number of benzene rings is 1. The van der Waals surface area contributed by atoms with Crippen molar-refractivity contribution in [2.45, 2.75) is 19.5 Å². The summed E-state index contributed by atoms with van der Waals surface area (Å²) in [5, 5.41) is 13.7. The normalized spacial score (nSPS) is 11.9. The number of nitrogens with zero attached hydrogens (tertiary/aromatic N) is 1. The van der Waals surface area contributed by atoms with E-state index in [1.807, 2.05) is 0 Å². The fourth-order valence-corrected chi connectivity index (χ4v) is 1.73. The monoisotopic (exact) mass is 316 g/mol. The molecule has 0 aliphatic rings. The van der Waals surface area contributed by atoms with Crippen LogP contribution in [0.25, 0.3) is 0 Å². The zero-order chi connectivity index (χ0) is 13.7. The minimum absolute atomic E-state index is 0.00828. The predicted octanol–water partition coefficient (Wildman–Crippen LogP) is 2.01. The van der Waals surface area contributed by atoms with Crippen LogP contribution in [0.5, 0.6) is 0 Å². The number of nitro benzene ring substituents is 1. The third-order valence-electron chi connectivity index (χ3n) is 2.40. The van der Waals surface area contributed by atoms with Crippen LogP contribution in [0.3, 0.4) is 0 Å². The molecule has 7 heteroatoms. The third-order valence-corrected chi connectivity index (χ3v) is 2.89. The maximum absolute atomic E-state index is 11.2. The summed E-state index contributed by atoms with van der Waals surface area (Å²) < 4.78 is 5.19. The lowest BCUT2D eigenvalue weighted by atomic mass is 10.1. The van der Waals surface area contributed by atoms with Gasteiger partial charge in [0.1, 0.15) is 6.04 Å². The van der Waals surface area contributed by atoms with Crippen LogP contribution in [0.15, 0.2) is 22.7 Å². The number of esters is 1. The van der Waals surface area contributed by atoms with Crippen molar-refractivity contribution in [2.24, 2.45) is 0 Å². The van der Waals surface area contributed by atoms with Gasteiger partial charge >= 0.3 is 5.97 Å². The van der Waals surface area contributed by atoms with E-state index in [-0.39, 0.29) is 12.2 Å². The minimum Gasteiger partial charge on any atom is -0.468 e. The van der Waals surface area contributed by atoms with Gasteiger partial charge in [-0.25, -0.2) is 0 Å². The Labute approximate surface area is 113 Å². The Bertz CT molecular complexity index is 464. The molecule has 0 saturated carbocycles. The number of halogens is 1. The van der Waals surface area contributed by atoms with Gasteiger partial charge in [-0.2, -0.15) is 0 Å². The van der Waals surface area contributed by atoms with E-state index in [0.29, 0.717) is 10.0 Å². The molecule has 1 N–H and O–H groups in total. The molecule has 6 nitrogen and oxygen atoms in total. The summed E-state index contributed by atoms with van der Waals surface area (Å²) in [7, 11) is 1.29. The van der Waals surface area contributed by atoms with Crippen LogP contribution in [0.1, 0.15) is 12.5 Å². The topological polar surface area (TPSA) is 81.5 Å². The van der Waals surface area contributed by atoms with Gasteiger partial charge in [0.15, 0.2) is 0 Å². The summed E-state index contributed by atoms with van der Waals surface area (Å²) in [6, 6.07) is 4.27. The number of hydrogen-bond acceptors (Lipinski definition) is 5. The van der Waals surface area contributed by atoms with Crippen molar-refractivity contribution >= 4 is 27.6 Å². The van der Waals surface area contributed by atoms with Gasteiger partial charge in [-0.1, -0.05) is 15.9 Å². The van der Waals surface area contributed by atoms with Crippen molar-refractivity contribution in [3.8, 4) is 0 Å². The van der Waals surface area contributed by atoms with Gasteiger partial charge < -0.3 is 10.1 Å². The minimum atomic E-state index is -0.516. The number of nitrogens with one attached hydrogen (secondary N) is 1. The number of methoxy groups -OCH3 is 1. The molecule has 0 amide bonds. The fourth-order valence-electron chi connectivity index (χ4n) is 1.38. The van der Waals surface area contributed by atoms with Gasteiger partial charge in [0.05, 0.1) is 12.0 Å². The van der Waals surface area contributed by atoms with Gasteiger partial charge in [0.25, 0.3) is 5.69 Å². The Morgan fingerprint density at radius 1 is 1.61 bits per heavy atom. The molecular weight excluding hydrogens is 304 g/mol. The fraction of sp³-hybridized carbons (Fsp3) is 0.364. The Morgan fingerprint density at radius 3 is 2.83 bits per heavy atom. The largest absolute Gasteiger partial charge is 0.468 e. The van der Waals surface area contributed by atoms with E-state index in [1.165, 1.54) is 13.2 Å². The molecule has 18 heavy (non-hydrogen) atoms. The summed E-state index contributed by atoms with van der Waals surface area (Å²) in [5.74, 6) is -0.408. The van der Waals surface area contributed by atoms with Crippen molar-refractivity contribution in [3.63, 3.8) is 0 Å². The van der Waals surface area contributed by atoms with Crippen LogP contribution in [-0.2, 0) is 16.1 Å². The van der Waals surface area contributed by atoms with Crippen LogP contribution in [0, 0.1) is 10.1 Å². The Kier molecular flexibility index (Phi) is 5.24. The van der Waals surface area contributed by atoms with Gasteiger partial charge in [-0.05, 0) is 19.1 Å². The second kappa shape index (κ2) is 6.46. The van der Waals surface area contributed by atoms with E-state index in [4.69, 9.17) is 0 Å². The molecular formula is C11H13BrN2O4. The summed E-state index contributed by atoms with van der Waals surface area (Å²) >= 11 is 3.18. The smallest absolute Gasteiger partial charge is 0.322 e. The van der Waals surface area contributed by atoms with E-state index < -0.39 is 16.9 Å². The van der Waals surface area contributed by atoms with Crippen molar-refractivity contribution in [1.29, 1.82) is 0 Å². The molecule has 0 bridgehead atoms. The van der Waals surface area contributed by atoms with Crippen molar-refractivity contribution in [1.82, 2.24) is 5.32 Å². The average Bonchev–Trinajstić information content (AvgIpc) is 2.35. The van der Waals surface area contributed by atoms with Crippen LogP contribution >= 0.6 is 15.9 Å². The molecule has 0 aliphatic heterocycles. The second-order valence-electron chi connectivity index (χ2n) is 3.66. The number of nitro groups is 1. The first-order chi connectivity index (χ1) is 8.45. The van der Waals surface area contributed by atoms with E-state index in [9.17, 15) is 14.9 Å². The van der Waals surface area contributed by atoms with Crippen molar-refractivity contribution in [3.05, 3.63) is 38.3 Å². The average molecular weight is 317 g/mol. The molecule has 0 heterocycles. The van der Waals surface area contributed by atoms with Crippen molar-refractivity contribution < 1.29 is 14.5 Å². The molecule has 0 unspecified atom stereocenters. The molecule has 1 aromatic rings. The molecule has 1 rings (SSSR count). The number of ether oxygens (including phenoxy) is 1. The van der Waals surface area contributed by atoms with Crippen molar-refractivity contribution in [2.75, 3.05) is 7.11 Å². The van der Waals surface area contributed by atoms with Gasteiger partial charge in [0.2, 0.25) is 0 Å². The van der Waals surface area contributed by atoms with E-state index in [2.05, 4.69) is 26.0 Å². The molecule has 0 aromatic heterocycles.